The Morgan fingerprint density at radius 3 is 2.67 bits per heavy atom. The molecular formula is C12H16ClNO. The second-order valence-corrected chi connectivity index (χ2v) is 4.73. The fourth-order valence-electron chi connectivity index (χ4n) is 2.14. The SMILES string of the molecule is CC1(c2ccc(Cl)cc2)NCCCC1O. The largest absolute Gasteiger partial charge is 0.391 e. The molecule has 0 bridgehead atoms. The second kappa shape index (κ2) is 4.12. The predicted molar refractivity (Wildman–Crippen MR) is 62.0 cm³/mol. The first kappa shape index (κ1) is 10.9. The second-order valence-electron chi connectivity index (χ2n) is 4.29. The third-order valence-electron chi connectivity index (χ3n) is 3.26. The molecular weight excluding hydrogens is 210 g/mol. The first-order valence-electron chi connectivity index (χ1n) is 5.32. The van der Waals surface area contributed by atoms with Crippen LogP contribution < -0.4 is 5.32 Å². The Morgan fingerprint density at radius 1 is 1.40 bits per heavy atom. The summed E-state index contributed by atoms with van der Waals surface area (Å²) in [6, 6.07) is 7.68. The minimum Gasteiger partial charge on any atom is -0.391 e. The Labute approximate surface area is 95.3 Å². The van der Waals surface area contributed by atoms with Crippen LogP contribution in [0.2, 0.25) is 5.02 Å². The molecule has 1 aliphatic heterocycles. The molecule has 82 valence electrons. The molecule has 2 unspecified atom stereocenters. The van der Waals surface area contributed by atoms with E-state index in [1.165, 1.54) is 0 Å². The predicted octanol–water partition coefficient (Wildman–Crippen LogP) is 2.30. The van der Waals surface area contributed by atoms with Crippen LogP contribution >= 0.6 is 11.6 Å². The molecule has 1 aromatic carbocycles. The molecule has 0 saturated carbocycles. The normalized spacial score (nSPS) is 31.5. The number of hydrogen-bond acceptors (Lipinski definition) is 2. The van der Waals surface area contributed by atoms with Crippen molar-refractivity contribution in [1.29, 1.82) is 0 Å². The zero-order valence-corrected chi connectivity index (χ0v) is 9.59. The first-order chi connectivity index (χ1) is 7.13. The molecule has 3 heteroatoms. The van der Waals surface area contributed by atoms with E-state index in [2.05, 4.69) is 5.32 Å². The van der Waals surface area contributed by atoms with Gasteiger partial charge in [0.15, 0.2) is 0 Å². The number of aliphatic hydroxyl groups is 1. The van der Waals surface area contributed by atoms with Gasteiger partial charge >= 0.3 is 0 Å². The van der Waals surface area contributed by atoms with E-state index in [0.29, 0.717) is 0 Å². The minimum atomic E-state index is -0.331. The summed E-state index contributed by atoms with van der Waals surface area (Å²) in [5.74, 6) is 0. The number of rotatable bonds is 1. The molecule has 0 amide bonds. The number of nitrogens with one attached hydrogen (secondary N) is 1. The lowest BCUT2D eigenvalue weighted by atomic mass is 9.81. The number of benzene rings is 1. The summed E-state index contributed by atoms with van der Waals surface area (Å²) < 4.78 is 0. The molecule has 2 N–H and O–H groups in total. The molecule has 1 saturated heterocycles. The average molecular weight is 226 g/mol. The summed E-state index contributed by atoms with van der Waals surface area (Å²) in [5.41, 5.74) is 0.766. The van der Waals surface area contributed by atoms with Gasteiger partial charge in [0.05, 0.1) is 11.6 Å². The lowest BCUT2D eigenvalue weighted by molar-refractivity contribution is 0.0385. The molecule has 0 aliphatic carbocycles. The van der Waals surface area contributed by atoms with Gasteiger partial charge in [0.25, 0.3) is 0 Å². The Bertz CT molecular complexity index is 338. The van der Waals surface area contributed by atoms with Crippen LogP contribution in [0, 0.1) is 0 Å². The van der Waals surface area contributed by atoms with Gasteiger partial charge < -0.3 is 10.4 Å². The maximum atomic E-state index is 10.1. The number of halogens is 1. The molecule has 0 radical (unpaired) electrons. The fraction of sp³-hybridized carbons (Fsp3) is 0.500. The third kappa shape index (κ3) is 2.03. The maximum absolute atomic E-state index is 10.1. The zero-order valence-electron chi connectivity index (χ0n) is 8.83. The van der Waals surface area contributed by atoms with Gasteiger partial charge in [0, 0.05) is 5.02 Å². The summed E-state index contributed by atoms with van der Waals surface area (Å²) in [6.45, 7) is 3.00. The molecule has 1 heterocycles. The van der Waals surface area contributed by atoms with E-state index in [0.717, 1.165) is 30.0 Å². The molecule has 1 aromatic rings. The molecule has 0 aromatic heterocycles. The van der Waals surface area contributed by atoms with Crippen molar-refractivity contribution in [2.75, 3.05) is 6.54 Å². The Morgan fingerprint density at radius 2 is 2.07 bits per heavy atom. The summed E-state index contributed by atoms with van der Waals surface area (Å²) >= 11 is 5.85. The first-order valence-corrected chi connectivity index (χ1v) is 5.70. The molecule has 2 rings (SSSR count). The molecule has 1 aliphatic rings. The summed E-state index contributed by atoms with van der Waals surface area (Å²) in [6.07, 6.45) is 1.56. The van der Waals surface area contributed by atoms with Gasteiger partial charge in [-0.1, -0.05) is 23.7 Å². The third-order valence-corrected chi connectivity index (χ3v) is 3.51. The standard InChI is InChI=1S/C12H16ClNO/c1-12(11(15)3-2-8-14-12)9-4-6-10(13)7-5-9/h4-7,11,14-15H,2-3,8H2,1H3. The van der Waals surface area contributed by atoms with E-state index in [4.69, 9.17) is 11.6 Å². The van der Waals surface area contributed by atoms with E-state index in [9.17, 15) is 5.11 Å². The van der Waals surface area contributed by atoms with Crippen LogP contribution in [0.4, 0.5) is 0 Å². The van der Waals surface area contributed by atoms with Gasteiger partial charge in [-0.2, -0.15) is 0 Å². The maximum Gasteiger partial charge on any atom is 0.0761 e. The van der Waals surface area contributed by atoms with Gasteiger partial charge in [0.2, 0.25) is 0 Å². The van der Waals surface area contributed by atoms with Crippen LogP contribution in [0.1, 0.15) is 25.3 Å². The average Bonchev–Trinajstić information content (AvgIpc) is 2.23. The van der Waals surface area contributed by atoms with Crippen LogP contribution in [0.5, 0.6) is 0 Å². The van der Waals surface area contributed by atoms with Crippen LogP contribution in [-0.4, -0.2) is 17.8 Å². The monoisotopic (exact) mass is 225 g/mol. The van der Waals surface area contributed by atoms with E-state index in [-0.39, 0.29) is 11.6 Å². The zero-order chi connectivity index (χ0) is 10.9. The fourth-order valence-corrected chi connectivity index (χ4v) is 2.27. The van der Waals surface area contributed by atoms with Crippen molar-refractivity contribution in [3.8, 4) is 0 Å². The lowest BCUT2D eigenvalue weighted by Gasteiger charge is -2.40. The topological polar surface area (TPSA) is 32.3 Å². The van der Waals surface area contributed by atoms with Gasteiger partial charge in [-0.25, -0.2) is 0 Å². The molecule has 1 fully saturated rings. The Balaban J connectivity index is 2.30. The van der Waals surface area contributed by atoms with Crippen LogP contribution in [-0.2, 0) is 5.54 Å². The summed E-state index contributed by atoms with van der Waals surface area (Å²) in [7, 11) is 0. The van der Waals surface area contributed by atoms with E-state index >= 15 is 0 Å². The quantitative estimate of drug-likeness (QED) is 0.769. The highest BCUT2D eigenvalue weighted by Gasteiger charge is 2.36. The van der Waals surface area contributed by atoms with Crippen LogP contribution in [0.3, 0.4) is 0 Å². The number of aliphatic hydroxyl groups excluding tert-OH is 1. The van der Waals surface area contributed by atoms with Gasteiger partial charge in [-0.05, 0) is 44.0 Å². The highest BCUT2D eigenvalue weighted by molar-refractivity contribution is 6.30. The van der Waals surface area contributed by atoms with Crippen molar-refractivity contribution >= 4 is 11.6 Å². The van der Waals surface area contributed by atoms with Crippen molar-refractivity contribution in [3.05, 3.63) is 34.9 Å². The van der Waals surface area contributed by atoms with Crippen molar-refractivity contribution in [2.24, 2.45) is 0 Å². The van der Waals surface area contributed by atoms with Crippen molar-refractivity contribution < 1.29 is 5.11 Å². The van der Waals surface area contributed by atoms with Gasteiger partial charge in [-0.3, -0.25) is 0 Å². The molecule has 2 nitrogen and oxygen atoms in total. The highest BCUT2D eigenvalue weighted by atomic mass is 35.5. The minimum absolute atomic E-state index is 0.326. The van der Waals surface area contributed by atoms with E-state index in [1.807, 2.05) is 31.2 Å². The molecule has 15 heavy (non-hydrogen) atoms. The van der Waals surface area contributed by atoms with E-state index in [1.54, 1.807) is 0 Å². The smallest absolute Gasteiger partial charge is 0.0761 e. The Hall–Kier alpha value is -0.570. The molecule has 2 atom stereocenters. The Kier molecular flexibility index (Phi) is 3.01. The van der Waals surface area contributed by atoms with Crippen molar-refractivity contribution in [2.45, 2.75) is 31.4 Å². The van der Waals surface area contributed by atoms with Crippen LogP contribution in [0.25, 0.3) is 0 Å². The molecule has 0 spiro atoms. The summed E-state index contributed by atoms with van der Waals surface area (Å²) in [4.78, 5) is 0. The van der Waals surface area contributed by atoms with Gasteiger partial charge in [0.1, 0.15) is 0 Å². The van der Waals surface area contributed by atoms with E-state index < -0.39 is 0 Å². The lowest BCUT2D eigenvalue weighted by Crippen LogP contribution is -2.53. The summed E-state index contributed by atoms with van der Waals surface area (Å²) in [5, 5.41) is 14.2. The van der Waals surface area contributed by atoms with Crippen molar-refractivity contribution in [1.82, 2.24) is 5.32 Å². The van der Waals surface area contributed by atoms with Crippen molar-refractivity contribution in [3.63, 3.8) is 0 Å². The highest BCUT2D eigenvalue weighted by Crippen LogP contribution is 2.30. The van der Waals surface area contributed by atoms with Crippen LogP contribution in [0.15, 0.2) is 24.3 Å². The number of hydrogen-bond donors (Lipinski definition) is 2. The van der Waals surface area contributed by atoms with Gasteiger partial charge in [-0.15, -0.1) is 0 Å². The number of piperidine rings is 1.